The highest BCUT2D eigenvalue weighted by atomic mass is 16.6. The standard InChI is InChI=1S/C16H24N2O7/c1-15(23)7-6-9(24-3)12(20)11(15)13(21)16(2)18-10(19)5-4-8(17)14(22)25-16/h8-9,21,23H,4-7,17H2,1-3H3,(H,18,19)/t8-,9+,15-,16+/m1/s1. The number of nitrogens with two attached hydrogens (primary N) is 1. The molecule has 5 N–H and O–H groups in total. The molecule has 1 heterocycles. The Morgan fingerprint density at radius 2 is 1.96 bits per heavy atom. The summed E-state index contributed by atoms with van der Waals surface area (Å²) in [6, 6.07) is -1.03. The minimum atomic E-state index is -2.02. The lowest BCUT2D eigenvalue weighted by Gasteiger charge is -2.39. The van der Waals surface area contributed by atoms with E-state index < -0.39 is 46.9 Å². The molecular formula is C16H24N2O7. The Morgan fingerprint density at radius 3 is 2.56 bits per heavy atom. The first kappa shape index (κ1) is 19.4. The lowest BCUT2D eigenvalue weighted by molar-refractivity contribution is -0.167. The van der Waals surface area contributed by atoms with Gasteiger partial charge in [0.15, 0.2) is 11.5 Å². The van der Waals surface area contributed by atoms with Crippen LogP contribution >= 0.6 is 0 Å². The van der Waals surface area contributed by atoms with Gasteiger partial charge in [-0.3, -0.25) is 14.4 Å². The van der Waals surface area contributed by atoms with Crippen LogP contribution in [0.5, 0.6) is 0 Å². The van der Waals surface area contributed by atoms with E-state index in [1.807, 2.05) is 0 Å². The highest BCUT2D eigenvalue weighted by Crippen LogP contribution is 2.36. The second-order valence-electron chi connectivity index (χ2n) is 6.77. The zero-order valence-corrected chi connectivity index (χ0v) is 14.5. The third-order valence-corrected chi connectivity index (χ3v) is 4.61. The van der Waals surface area contributed by atoms with Gasteiger partial charge < -0.3 is 30.7 Å². The van der Waals surface area contributed by atoms with Crippen molar-refractivity contribution < 1.29 is 34.1 Å². The smallest absolute Gasteiger partial charge is 0.325 e. The third-order valence-electron chi connectivity index (χ3n) is 4.61. The molecule has 2 rings (SSSR count). The molecule has 0 aromatic carbocycles. The van der Waals surface area contributed by atoms with Gasteiger partial charge in [0.25, 0.3) is 0 Å². The number of methoxy groups -OCH3 is 1. The minimum absolute atomic E-state index is 0.0422. The van der Waals surface area contributed by atoms with Crippen LogP contribution in [0.25, 0.3) is 0 Å². The molecule has 1 aliphatic carbocycles. The van der Waals surface area contributed by atoms with Crippen LogP contribution in [0.3, 0.4) is 0 Å². The molecule has 25 heavy (non-hydrogen) atoms. The molecule has 4 atom stereocenters. The Bertz CT molecular complexity index is 628. The van der Waals surface area contributed by atoms with E-state index in [1.54, 1.807) is 0 Å². The zero-order chi connectivity index (χ0) is 19.0. The molecule has 2 aliphatic rings. The normalized spacial score (nSPS) is 39.2. The molecule has 0 aromatic heterocycles. The Morgan fingerprint density at radius 1 is 1.32 bits per heavy atom. The number of cyclic esters (lactones) is 1. The quantitative estimate of drug-likeness (QED) is 0.292. The number of ketones is 1. The Kier molecular flexibility index (Phi) is 5.22. The molecule has 9 heteroatoms. The number of hydrogen-bond acceptors (Lipinski definition) is 8. The lowest BCUT2D eigenvalue weighted by Crippen LogP contribution is -2.57. The number of rotatable bonds is 2. The van der Waals surface area contributed by atoms with Crippen LogP contribution in [0.1, 0.15) is 39.5 Å². The Hall–Kier alpha value is -1.97. The maximum absolute atomic E-state index is 12.6. The Balaban J connectivity index is 2.53. The summed E-state index contributed by atoms with van der Waals surface area (Å²) >= 11 is 0. The van der Waals surface area contributed by atoms with E-state index in [9.17, 15) is 24.6 Å². The molecule has 0 unspecified atom stereocenters. The second-order valence-corrected chi connectivity index (χ2v) is 6.77. The van der Waals surface area contributed by atoms with Crippen molar-refractivity contribution >= 4 is 17.7 Å². The van der Waals surface area contributed by atoms with Gasteiger partial charge in [-0.2, -0.15) is 0 Å². The molecule has 1 saturated heterocycles. The van der Waals surface area contributed by atoms with Crippen LogP contribution in [0.4, 0.5) is 0 Å². The highest BCUT2D eigenvalue weighted by Gasteiger charge is 2.49. The van der Waals surface area contributed by atoms with E-state index in [1.165, 1.54) is 21.0 Å². The summed E-state index contributed by atoms with van der Waals surface area (Å²) in [6.45, 7) is 2.59. The molecule has 1 amide bonds. The van der Waals surface area contributed by atoms with Crippen molar-refractivity contribution in [3.8, 4) is 0 Å². The number of hydrogen-bond donors (Lipinski definition) is 4. The molecule has 140 valence electrons. The predicted molar refractivity (Wildman–Crippen MR) is 85.2 cm³/mol. The minimum Gasteiger partial charge on any atom is -0.506 e. The van der Waals surface area contributed by atoms with E-state index >= 15 is 0 Å². The van der Waals surface area contributed by atoms with E-state index in [2.05, 4.69) is 5.32 Å². The fraction of sp³-hybridized carbons (Fsp3) is 0.688. The average molecular weight is 356 g/mol. The summed E-state index contributed by atoms with van der Waals surface area (Å²) in [4.78, 5) is 36.6. The number of aliphatic hydroxyl groups is 2. The number of esters is 1. The summed E-state index contributed by atoms with van der Waals surface area (Å²) < 4.78 is 10.3. The second kappa shape index (κ2) is 6.74. The van der Waals surface area contributed by atoms with Crippen molar-refractivity contribution in [3.63, 3.8) is 0 Å². The zero-order valence-electron chi connectivity index (χ0n) is 14.5. The van der Waals surface area contributed by atoms with Gasteiger partial charge in [0.2, 0.25) is 11.6 Å². The topological polar surface area (TPSA) is 148 Å². The van der Waals surface area contributed by atoms with E-state index in [4.69, 9.17) is 15.2 Å². The van der Waals surface area contributed by atoms with Crippen molar-refractivity contribution in [2.24, 2.45) is 5.73 Å². The fourth-order valence-electron chi connectivity index (χ4n) is 3.07. The Labute approximate surface area is 145 Å². The van der Waals surface area contributed by atoms with Crippen LogP contribution in [-0.2, 0) is 23.9 Å². The maximum atomic E-state index is 12.6. The van der Waals surface area contributed by atoms with Crippen molar-refractivity contribution in [1.29, 1.82) is 0 Å². The number of Topliss-reactive ketones (excluding diaryl/α,β-unsaturated/α-hetero) is 1. The summed E-state index contributed by atoms with van der Waals surface area (Å²) in [5.74, 6) is -2.71. The van der Waals surface area contributed by atoms with Crippen molar-refractivity contribution in [3.05, 3.63) is 11.3 Å². The van der Waals surface area contributed by atoms with Crippen LogP contribution in [0, 0.1) is 0 Å². The summed E-state index contributed by atoms with van der Waals surface area (Å²) in [5, 5.41) is 23.7. The number of carbonyl (C=O) groups excluding carboxylic acids is 3. The van der Waals surface area contributed by atoms with Crippen molar-refractivity contribution in [2.75, 3.05) is 7.11 Å². The van der Waals surface area contributed by atoms with Gasteiger partial charge in [0.1, 0.15) is 12.1 Å². The summed E-state index contributed by atoms with van der Waals surface area (Å²) in [5.41, 5.74) is 1.61. The van der Waals surface area contributed by atoms with Crippen LogP contribution in [-0.4, -0.2) is 58.5 Å². The van der Waals surface area contributed by atoms with Crippen LogP contribution < -0.4 is 11.1 Å². The molecule has 1 saturated carbocycles. The van der Waals surface area contributed by atoms with Crippen molar-refractivity contribution in [2.45, 2.75) is 63.0 Å². The van der Waals surface area contributed by atoms with Gasteiger partial charge in [0, 0.05) is 20.5 Å². The largest absolute Gasteiger partial charge is 0.506 e. The van der Waals surface area contributed by atoms with E-state index in [0.29, 0.717) is 0 Å². The number of ether oxygens (including phenoxy) is 2. The monoisotopic (exact) mass is 356 g/mol. The molecule has 0 bridgehead atoms. The molecule has 1 aliphatic heterocycles. The number of nitrogens with one attached hydrogen (secondary N) is 1. The summed E-state index contributed by atoms with van der Waals surface area (Å²) in [6.07, 6.45) is -0.371. The fourth-order valence-corrected chi connectivity index (χ4v) is 3.07. The maximum Gasteiger partial charge on any atom is 0.325 e. The lowest BCUT2D eigenvalue weighted by atomic mass is 9.77. The molecule has 9 nitrogen and oxygen atoms in total. The van der Waals surface area contributed by atoms with Gasteiger partial charge in [-0.25, -0.2) is 0 Å². The van der Waals surface area contributed by atoms with Gasteiger partial charge in [-0.15, -0.1) is 0 Å². The predicted octanol–water partition coefficient (Wildman–Crippen LogP) is -0.576. The van der Waals surface area contributed by atoms with Crippen LogP contribution in [0.2, 0.25) is 0 Å². The average Bonchev–Trinajstić information content (AvgIpc) is 2.51. The van der Waals surface area contributed by atoms with Gasteiger partial charge in [0.05, 0.1) is 11.2 Å². The molecule has 2 fully saturated rings. The van der Waals surface area contributed by atoms with E-state index in [0.717, 1.165) is 0 Å². The number of aliphatic hydroxyl groups excluding tert-OH is 1. The van der Waals surface area contributed by atoms with Gasteiger partial charge in [-0.1, -0.05) is 0 Å². The molecule has 0 aromatic rings. The van der Waals surface area contributed by atoms with E-state index in [-0.39, 0.29) is 31.3 Å². The third kappa shape index (κ3) is 3.68. The molecule has 0 spiro atoms. The highest BCUT2D eigenvalue weighted by molar-refractivity contribution is 6.02. The molecule has 0 radical (unpaired) electrons. The number of amides is 1. The number of carbonyl (C=O) groups is 3. The van der Waals surface area contributed by atoms with Crippen molar-refractivity contribution in [1.82, 2.24) is 5.32 Å². The SMILES string of the molecule is CO[C@H]1CC[C@@](C)(O)C(=C(O)[C@@]2(C)NC(=O)CC[C@@H](N)C(=O)O2)C1=O. The molecular weight excluding hydrogens is 332 g/mol. The first-order valence-electron chi connectivity index (χ1n) is 8.05. The first-order chi connectivity index (χ1) is 11.5. The van der Waals surface area contributed by atoms with Crippen LogP contribution in [0.15, 0.2) is 11.3 Å². The van der Waals surface area contributed by atoms with Gasteiger partial charge in [-0.05, 0) is 26.2 Å². The first-order valence-corrected chi connectivity index (χ1v) is 8.05. The summed E-state index contributed by atoms with van der Waals surface area (Å²) in [7, 11) is 1.34. The van der Waals surface area contributed by atoms with Gasteiger partial charge >= 0.3 is 5.97 Å².